The van der Waals surface area contributed by atoms with Gasteiger partial charge in [0.2, 0.25) is 10.0 Å². The molecule has 0 saturated carbocycles. The van der Waals surface area contributed by atoms with E-state index in [1.165, 1.54) is 0 Å². The zero-order valence-corrected chi connectivity index (χ0v) is 8.97. The van der Waals surface area contributed by atoms with Gasteiger partial charge >= 0.3 is 5.97 Å². The van der Waals surface area contributed by atoms with Crippen molar-refractivity contribution in [1.82, 2.24) is 4.72 Å². The van der Waals surface area contributed by atoms with E-state index in [1.807, 2.05) is 6.92 Å². The van der Waals surface area contributed by atoms with Gasteiger partial charge < -0.3 is 4.74 Å². The van der Waals surface area contributed by atoms with Crippen molar-refractivity contribution in [3.05, 3.63) is 0 Å². The van der Waals surface area contributed by atoms with Crippen LogP contribution in [0.15, 0.2) is 0 Å². The van der Waals surface area contributed by atoms with Gasteiger partial charge in [-0.1, -0.05) is 13.3 Å². The summed E-state index contributed by atoms with van der Waals surface area (Å²) in [4.78, 5) is 11.0. The van der Waals surface area contributed by atoms with Crippen LogP contribution >= 0.6 is 0 Å². The summed E-state index contributed by atoms with van der Waals surface area (Å²) in [6.07, 6.45) is 1.86. The first kappa shape index (κ1) is 11.5. The molecule has 1 aliphatic heterocycles. The van der Waals surface area contributed by atoms with Crippen molar-refractivity contribution in [2.24, 2.45) is 0 Å². The summed E-state index contributed by atoms with van der Waals surface area (Å²) in [5.41, 5.74) is 0. The second kappa shape index (κ2) is 4.75. The molecule has 0 bridgehead atoms. The molecule has 82 valence electrons. The molecule has 0 spiro atoms. The Morgan fingerprint density at radius 1 is 1.57 bits per heavy atom. The number of sulfonamides is 1. The van der Waals surface area contributed by atoms with Gasteiger partial charge in [0.05, 0.1) is 12.4 Å². The van der Waals surface area contributed by atoms with Crippen molar-refractivity contribution >= 4 is 16.0 Å². The third-order valence-electron chi connectivity index (χ3n) is 2.02. The number of ether oxygens (including phenoxy) is 1. The number of nitrogens with one attached hydrogen (secondary N) is 1. The Hall–Kier alpha value is -0.620. The van der Waals surface area contributed by atoms with E-state index in [1.54, 1.807) is 0 Å². The van der Waals surface area contributed by atoms with Gasteiger partial charge in [-0.05, 0) is 6.42 Å². The standard InChI is InChI=1S/C8H15NO4S/c1-2-3-6-14(11,12)9-7-4-5-13-8(7)10/h7,9H,2-6H2,1H3/t7-/m0/s1. The maximum absolute atomic E-state index is 11.4. The molecule has 0 aromatic heterocycles. The molecule has 0 radical (unpaired) electrons. The van der Waals surface area contributed by atoms with E-state index >= 15 is 0 Å². The van der Waals surface area contributed by atoms with Crippen molar-refractivity contribution < 1.29 is 17.9 Å². The summed E-state index contributed by atoms with van der Waals surface area (Å²) < 4.78 is 29.7. The van der Waals surface area contributed by atoms with Gasteiger partial charge in [0.15, 0.2) is 0 Å². The Labute approximate surface area is 83.9 Å². The molecule has 6 heteroatoms. The smallest absolute Gasteiger partial charge is 0.324 e. The molecule has 14 heavy (non-hydrogen) atoms. The van der Waals surface area contributed by atoms with Gasteiger partial charge in [-0.25, -0.2) is 13.1 Å². The van der Waals surface area contributed by atoms with E-state index in [4.69, 9.17) is 0 Å². The number of carbonyl (C=O) groups excluding carboxylic acids is 1. The first-order valence-electron chi connectivity index (χ1n) is 4.72. The molecule has 0 aromatic rings. The zero-order valence-electron chi connectivity index (χ0n) is 8.15. The lowest BCUT2D eigenvalue weighted by atomic mass is 10.3. The van der Waals surface area contributed by atoms with Crippen LogP contribution < -0.4 is 4.72 Å². The number of hydrogen-bond acceptors (Lipinski definition) is 4. The minimum Gasteiger partial charge on any atom is -0.464 e. The van der Waals surface area contributed by atoms with E-state index < -0.39 is 22.0 Å². The van der Waals surface area contributed by atoms with E-state index in [9.17, 15) is 13.2 Å². The largest absolute Gasteiger partial charge is 0.464 e. The van der Waals surface area contributed by atoms with Crippen LogP contribution in [0.25, 0.3) is 0 Å². The highest BCUT2D eigenvalue weighted by Gasteiger charge is 2.29. The van der Waals surface area contributed by atoms with Gasteiger partial charge in [-0.3, -0.25) is 4.79 Å². The molecule has 1 fully saturated rings. The van der Waals surface area contributed by atoms with Crippen molar-refractivity contribution in [2.45, 2.75) is 32.2 Å². The van der Waals surface area contributed by atoms with Crippen LogP contribution in [0.1, 0.15) is 26.2 Å². The van der Waals surface area contributed by atoms with Gasteiger partial charge in [0.1, 0.15) is 6.04 Å². The lowest BCUT2D eigenvalue weighted by Crippen LogP contribution is -2.39. The van der Waals surface area contributed by atoms with Crippen LogP contribution in [0.3, 0.4) is 0 Å². The van der Waals surface area contributed by atoms with Crippen LogP contribution in [0, 0.1) is 0 Å². The van der Waals surface area contributed by atoms with E-state index in [-0.39, 0.29) is 5.75 Å². The van der Waals surface area contributed by atoms with Crippen molar-refractivity contribution in [1.29, 1.82) is 0 Å². The number of esters is 1. The van der Waals surface area contributed by atoms with Gasteiger partial charge in [0, 0.05) is 6.42 Å². The molecule has 0 unspecified atom stereocenters. The van der Waals surface area contributed by atoms with Crippen LogP contribution in [-0.2, 0) is 19.6 Å². The number of unbranched alkanes of at least 4 members (excludes halogenated alkanes) is 1. The first-order chi connectivity index (χ1) is 6.55. The predicted molar refractivity (Wildman–Crippen MR) is 51.2 cm³/mol. The molecule has 0 amide bonds. The minimum absolute atomic E-state index is 0.0767. The van der Waals surface area contributed by atoms with Crippen molar-refractivity contribution in [2.75, 3.05) is 12.4 Å². The Balaban J connectivity index is 2.46. The highest BCUT2D eigenvalue weighted by molar-refractivity contribution is 7.89. The predicted octanol–water partition coefficient (Wildman–Crippen LogP) is 0.0214. The molecular weight excluding hydrogens is 206 g/mol. The molecular formula is C8H15NO4S. The van der Waals surface area contributed by atoms with Gasteiger partial charge in [-0.2, -0.15) is 0 Å². The fourth-order valence-electron chi connectivity index (χ4n) is 1.21. The summed E-state index contributed by atoms with van der Waals surface area (Å²) in [6, 6.07) is -0.670. The topological polar surface area (TPSA) is 72.5 Å². The van der Waals surface area contributed by atoms with E-state index in [0.717, 1.165) is 6.42 Å². The van der Waals surface area contributed by atoms with Crippen molar-refractivity contribution in [3.63, 3.8) is 0 Å². The van der Waals surface area contributed by atoms with Gasteiger partial charge in [0.25, 0.3) is 0 Å². The van der Waals surface area contributed by atoms with E-state index in [2.05, 4.69) is 9.46 Å². The second-order valence-corrected chi connectivity index (χ2v) is 5.17. The number of rotatable bonds is 5. The molecule has 1 aliphatic rings. The first-order valence-corrected chi connectivity index (χ1v) is 6.37. The van der Waals surface area contributed by atoms with Gasteiger partial charge in [-0.15, -0.1) is 0 Å². The zero-order chi connectivity index (χ0) is 10.6. The molecule has 1 N–H and O–H groups in total. The lowest BCUT2D eigenvalue weighted by molar-refractivity contribution is -0.139. The summed E-state index contributed by atoms with van der Waals surface area (Å²) in [5.74, 6) is -0.391. The third-order valence-corrected chi connectivity index (χ3v) is 3.49. The summed E-state index contributed by atoms with van der Waals surface area (Å²) in [6.45, 7) is 2.22. The fraction of sp³-hybridized carbons (Fsp3) is 0.875. The molecule has 1 heterocycles. The van der Waals surface area contributed by atoms with Crippen LogP contribution in [0.2, 0.25) is 0 Å². The average molecular weight is 221 g/mol. The SMILES string of the molecule is CCCCS(=O)(=O)N[C@H]1CCOC1=O. The highest BCUT2D eigenvalue weighted by atomic mass is 32.2. The number of carbonyl (C=O) groups is 1. The number of hydrogen-bond donors (Lipinski definition) is 1. The molecule has 1 atom stereocenters. The van der Waals surface area contributed by atoms with Crippen LogP contribution in [0.5, 0.6) is 0 Å². The Morgan fingerprint density at radius 3 is 2.79 bits per heavy atom. The Morgan fingerprint density at radius 2 is 2.29 bits per heavy atom. The summed E-state index contributed by atoms with van der Waals surface area (Å²) in [7, 11) is -3.31. The van der Waals surface area contributed by atoms with E-state index in [0.29, 0.717) is 19.4 Å². The lowest BCUT2D eigenvalue weighted by Gasteiger charge is -2.08. The monoisotopic (exact) mass is 221 g/mol. The Bertz CT molecular complexity index is 298. The minimum atomic E-state index is -3.31. The molecule has 0 aromatic carbocycles. The summed E-state index contributed by atoms with van der Waals surface area (Å²) >= 11 is 0. The van der Waals surface area contributed by atoms with Crippen LogP contribution in [0.4, 0.5) is 0 Å². The van der Waals surface area contributed by atoms with Crippen molar-refractivity contribution in [3.8, 4) is 0 Å². The highest BCUT2D eigenvalue weighted by Crippen LogP contribution is 2.07. The summed E-state index contributed by atoms with van der Waals surface area (Å²) in [5, 5.41) is 0. The maximum Gasteiger partial charge on any atom is 0.324 e. The molecule has 1 rings (SSSR count). The number of cyclic esters (lactones) is 1. The second-order valence-electron chi connectivity index (χ2n) is 3.30. The third kappa shape index (κ3) is 3.26. The quantitative estimate of drug-likeness (QED) is 0.664. The molecule has 0 aliphatic carbocycles. The normalized spacial score (nSPS) is 22.4. The fourth-order valence-corrected chi connectivity index (χ4v) is 2.65. The van der Waals surface area contributed by atoms with Crippen LogP contribution in [-0.4, -0.2) is 32.8 Å². The maximum atomic E-state index is 11.4. The molecule has 5 nitrogen and oxygen atoms in total. The Kier molecular flexibility index (Phi) is 3.88. The molecule has 1 saturated heterocycles. The average Bonchev–Trinajstić information content (AvgIpc) is 2.48.